The molecule has 23 heavy (non-hydrogen) atoms. The van der Waals surface area contributed by atoms with Gasteiger partial charge >= 0.3 is 0 Å². The van der Waals surface area contributed by atoms with E-state index in [1.165, 1.54) is 34.4 Å². The zero-order chi connectivity index (χ0) is 16.4. The lowest BCUT2D eigenvalue weighted by Gasteiger charge is -2.09. The highest BCUT2D eigenvalue weighted by molar-refractivity contribution is 7.80. The lowest BCUT2D eigenvalue weighted by atomic mass is 10.1. The summed E-state index contributed by atoms with van der Waals surface area (Å²) >= 11 is 6.61. The molecule has 0 bridgehead atoms. The van der Waals surface area contributed by atoms with Gasteiger partial charge in [-0.3, -0.25) is 10.1 Å². The first-order chi connectivity index (χ1) is 11.1. The number of aryl methyl sites for hydroxylation is 1. The number of carbonyl (C=O) groups excluding carboxylic acids is 1. The molecule has 3 rings (SSSR count). The van der Waals surface area contributed by atoms with Crippen LogP contribution in [0.2, 0.25) is 0 Å². The van der Waals surface area contributed by atoms with E-state index >= 15 is 0 Å². The molecule has 0 saturated heterocycles. The van der Waals surface area contributed by atoms with Crippen LogP contribution in [0, 0.1) is 17.1 Å². The van der Waals surface area contributed by atoms with Crippen molar-refractivity contribution in [2.24, 2.45) is 0 Å². The van der Waals surface area contributed by atoms with Crippen molar-refractivity contribution in [3.8, 4) is 6.07 Å². The number of nitrogens with one attached hydrogen (secondary N) is 2. The van der Waals surface area contributed by atoms with Gasteiger partial charge in [0.15, 0.2) is 5.11 Å². The van der Waals surface area contributed by atoms with E-state index in [4.69, 9.17) is 12.2 Å². The SMILES string of the molecule is N#Cc1c(NC(=S)NC(=O)c2cccc(F)c2)sc2c1CCC2. The van der Waals surface area contributed by atoms with Crippen LogP contribution in [-0.2, 0) is 12.8 Å². The summed E-state index contributed by atoms with van der Waals surface area (Å²) in [5.74, 6) is -0.984. The predicted octanol–water partition coefficient (Wildman–Crippen LogP) is 3.37. The number of carbonyl (C=O) groups is 1. The topological polar surface area (TPSA) is 64.9 Å². The van der Waals surface area contributed by atoms with Crippen molar-refractivity contribution in [2.45, 2.75) is 19.3 Å². The van der Waals surface area contributed by atoms with Crippen molar-refractivity contribution in [1.29, 1.82) is 5.26 Å². The first-order valence-corrected chi connectivity index (χ1v) is 8.23. The Morgan fingerprint density at radius 3 is 2.96 bits per heavy atom. The first kappa shape index (κ1) is 15.6. The number of fused-ring (bicyclic) bond motifs is 1. The van der Waals surface area contributed by atoms with Crippen LogP contribution in [0.1, 0.15) is 32.8 Å². The Morgan fingerprint density at radius 2 is 2.22 bits per heavy atom. The summed E-state index contributed by atoms with van der Waals surface area (Å²) in [5, 5.41) is 15.5. The van der Waals surface area contributed by atoms with Gasteiger partial charge in [-0.2, -0.15) is 5.26 Å². The Hall–Kier alpha value is -2.30. The zero-order valence-corrected chi connectivity index (χ0v) is 13.6. The maximum atomic E-state index is 13.1. The molecule has 0 atom stereocenters. The van der Waals surface area contributed by atoms with Crippen LogP contribution in [0.3, 0.4) is 0 Å². The van der Waals surface area contributed by atoms with Crippen molar-refractivity contribution < 1.29 is 9.18 Å². The third-order valence-corrected chi connectivity index (χ3v) is 4.99. The molecule has 1 aromatic carbocycles. The van der Waals surface area contributed by atoms with E-state index in [0.29, 0.717) is 10.6 Å². The zero-order valence-electron chi connectivity index (χ0n) is 12.0. The molecule has 0 spiro atoms. The Bertz CT molecular complexity index is 838. The van der Waals surface area contributed by atoms with Gasteiger partial charge in [0.2, 0.25) is 0 Å². The van der Waals surface area contributed by atoms with E-state index < -0.39 is 11.7 Å². The van der Waals surface area contributed by atoms with Crippen molar-refractivity contribution in [2.75, 3.05) is 5.32 Å². The molecule has 2 N–H and O–H groups in total. The smallest absolute Gasteiger partial charge is 0.257 e. The summed E-state index contributed by atoms with van der Waals surface area (Å²) < 4.78 is 13.1. The fourth-order valence-corrected chi connectivity index (χ4v) is 4.05. The highest BCUT2D eigenvalue weighted by Crippen LogP contribution is 2.38. The number of nitrogens with zero attached hydrogens (tertiary/aromatic N) is 1. The van der Waals surface area contributed by atoms with E-state index in [1.807, 2.05) is 0 Å². The van der Waals surface area contributed by atoms with Crippen LogP contribution in [0.25, 0.3) is 0 Å². The summed E-state index contributed by atoms with van der Waals surface area (Å²) in [4.78, 5) is 13.2. The van der Waals surface area contributed by atoms with E-state index in [-0.39, 0.29) is 10.7 Å². The number of anilines is 1. The third-order valence-electron chi connectivity index (χ3n) is 3.57. The lowest BCUT2D eigenvalue weighted by molar-refractivity contribution is 0.0977. The Labute approximate surface area is 141 Å². The molecule has 1 aliphatic rings. The van der Waals surface area contributed by atoms with Crippen LogP contribution in [-0.4, -0.2) is 11.0 Å². The number of hydrogen-bond donors (Lipinski definition) is 2. The second-order valence-electron chi connectivity index (χ2n) is 5.09. The number of amides is 1. The van der Waals surface area contributed by atoms with Crippen molar-refractivity contribution in [1.82, 2.24) is 5.32 Å². The maximum absolute atomic E-state index is 13.1. The van der Waals surface area contributed by atoms with Gasteiger partial charge in [0.05, 0.1) is 5.56 Å². The molecule has 1 amide bonds. The Kier molecular flexibility index (Phi) is 4.37. The second kappa shape index (κ2) is 6.44. The molecule has 116 valence electrons. The molecule has 2 aromatic rings. The van der Waals surface area contributed by atoms with Gasteiger partial charge < -0.3 is 5.32 Å². The molecule has 0 fully saturated rings. The fraction of sp³-hybridized carbons (Fsp3) is 0.188. The molecule has 1 aliphatic carbocycles. The van der Waals surface area contributed by atoms with Gasteiger partial charge in [0, 0.05) is 10.4 Å². The number of halogens is 1. The summed E-state index contributed by atoms with van der Waals surface area (Å²) in [7, 11) is 0. The number of benzene rings is 1. The normalized spacial score (nSPS) is 12.3. The average Bonchev–Trinajstić information content (AvgIpc) is 3.07. The minimum Gasteiger partial charge on any atom is -0.323 e. The second-order valence-corrected chi connectivity index (χ2v) is 6.61. The van der Waals surface area contributed by atoms with E-state index in [2.05, 4.69) is 16.7 Å². The highest BCUT2D eigenvalue weighted by Gasteiger charge is 2.22. The quantitative estimate of drug-likeness (QED) is 0.819. The minimum atomic E-state index is -0.496. The summed E-state index contributed by atoms with van der Waals surface area (Å²) in [6, 6.07) is 7.56. The van der Waals surface area contributed by atoms with Crippen LogP contribution < -0.4 is 10.6 Å². The predicted molar refractivity (Wildman–Crippen MR) is 91.1 cm³/mol. The molecule has 1 aromatic heterocycles. The molecule has 0 aliphatic heterocycles. The highest BCUT2D eigenvalue weighted by atomic mass is 32.1. The van der Waals surface area contributed by atoms with Crippen LogP contribution in [0.15, 0.2) is 24.3 Å². The molecule has 0 saturated carbocycles. The monoisotopic (exact) mass is 345 g/mol. The van der Waals surface area contributed by atoms with Crippen LogP contribution in [0.5, 0.6) is 0 Å². The van der Waals surface area contributed by atoms with Gasteiger partial charge in [-0.1, -0.05) is 6.07 Å². The van der Waals surface area contributed by atoms with Gasteiger partial charge in [-0.25, -0.2) is 4.39 Å². The number of nitriles is 1. The summed E-state index contributed by atoms with van der Waals surface area (Å²) in [6.07, 6.45) is 2.94. The number of hydrogen-bond acceptors (Lipinski definition) is 4. The largest absolute Gasteiger partial charge is 0.323 e. The molecule has 0 unspecified atom stereocenters. The summed E-state index contributed by atoms with van der Waals surface area (Å²) in [6.45, 7) is 0. The number of thiophene rings is 1. The number of rotatable bonds is 2. The van der Waals surface area contributed by atoms with Gasteiger partial charge in [0.1, 0.15) is 16.9 Å². The van der Waals surface area contributed by atoms with Crippen LogP contribution >= 0.6 is 23.6 Å². The van der Waals surface area contributed by atoms with Gasteiger partial charge in [0.25, 0.3) is 5.91 Å². The summed E-state index contributed by atoms with van der Waals surface area (Å²) in [5.41, 5.74) is 1.87. The molecule has 1 heterocycles. The fourth-order valence-electron chi connectivity index (χ4n) is 2.55. The van der Waals surface area contributed by atoms with Crippen molar-refractivity contribution in [3.05, 3.63) is 51.7 Å². The lowest BCUT2D eigenvalue weighted by Crippen LogP contribution is -2.34. The Morgan fingerprint density at radius 1 is 1.39 bits per heavy atom. The van der Waals surface area contributed by atoms with Crippen molar-refractivity contribution >= 4 is 39.6 Å². The molecular weight excluding hydrogens is 333 g/mol. The minimum absolute atomic E-state index is 0.0932. The van der Waals surface area contributed by atoms with Gasteiger partial charge in [-0.05, 0) is 55.2 Å². The van der Waals surface area contributed by atoms with E-state index in [0.717, 1.165) is 30.9 Å². The number of thiocarbonyl (C=S) groups is 1. The van der Waals surface area contributed by atoms with Crippen molar-refractivity contribution in [3.63, 3.8) is 0 Å². The molecular formula is C16H12FN3OS2. The van der Waals surface area contributed by atoms with E-state index in [1.54, 1.807) is 0 Å². The first-order valence-electron chi connectivity index (χ1n) is 7.01. The van der Waals surface area contributed by atoms with E-state index in [9.17, 15) is 14.4 Å². The maximum Gasteiger partial charge on any atom is 0.257 e. The average molecular weight is 345 g/mol. The molecule has 4 nitrogen and oxygen atoms in total. The molecule has 0 radical (unpaired) electrons. The third kappa shape index (κ3) is 3.23. The Balaban J connectivity index is 1.71. The van der Waals surface area contributed by atoms with Gasteiger partial charge in [-0.15, -0.1) is 11.3 Å². The standard InChI is InChI=1S/C16H12FN3OS2/c17-10-4-1-3-9(7-10)14(21)19-16(22)20-15-12(8-18)11-5-2-6-13(11)23-15/h1,3-4,7H,2,5-6H2,(H2,19,20,21,22). The van der Waals surface area contributed by atoms with Crippen LogP contribution in [0.4, 0.5) is 9.39 Å². The molecule has 7 heteroatoms.